The Morgan fingerprint density at radius 1 is 1.38 bits per heavy atom. The number of amides is 1. The number of aryl methyl sites for hydroxylation is 1. The molecule has 0 aliphatic rings. The third-order valence-electron chi connectivity index (χ3n) is 3.63. The highest BCUT2D eigenvalue weighted by molar-refractivity contribution is 5.79. The monoisotopic (exact) mass is 286 g/mol. The van der Waals surface area contributed by atoms with Crippen molar-refractivity contribution in [2.45, 2.75) is 13.0 Å². The van der Waals surface area contributed by atoms with Crippen molar-refractivity contribution >= 4 is 5.91 Å². The van der Waals surface area contributed by atoms with Crippen molar-refractivity contribution in [1.29, 1.82) is 0 Å². The molecule has 1 amide bonds. The lowest BCUT2D eigenvalue weighted by molar-refractivity contribution is -0.134. The van der Waals surface area contributed by atoms with Gasteiger partial charge in [0.1, 0.15) is 5.82 Å². The Bertz CT molecular complexity index is 579. The van der Waals surface area contributed by atoms with Crippen LogP contribution in [0.25, 0.3) is 0 Å². The van der Waals surface area contributed by atoms with Gasteiger partial charge in [0.2, 0.25) is 5.91 Å². The van der Waals surface area contributed by atoms with Crippen LogP contribution in [0, 0.1) is 5.92 Å². The largest absolute Gasteiger partial charge is 0.338 e. The third-order valence-corrected chi connectivity index (χ3v) is 3.63. The summed E-state index contributed by atoms with van der Waals surface area (Å²) in [5.74, 6) is 0.725. The van der Waals surface area contributed by atoms with E-state index in [1.54, 1.807) is 18.1 Å². The zero-order valence-electron chi connectivity index (χ0n) is 12.6. The summed E-state index contributed by atoms with van der Waals surface area (Å²) in [6, 6.07) is 9.97. The second-order valence-electron chi connectivity index (χ2n) is 5.27. The van der Waals surface area contributed by atoms with Crippen molar-refractivity contribution in [3.8, 4) is 0 Å². The number of hydrogen-bond acceptors (Lipinski definition) is 3. The molecule has 1 atom stereocenters. The molecule has 5 heteroatoms. The van der Waals surface area contributed by atoms with Gasteiger partial charge in [0.05, 0.1) is 12.5 Å². The van der Waals surface area contributed by atoms with Crippen LogP contribution in [-0.4, -0.2) is 34.0 Å². The van der Waals surface area contributed by atoms with Crippen LogP contribution in [0.15, 0.2) is 42.7 Å². The molecule has 0 aliphatic heterocycles. The first kappa shape index (κ1) is 15.3. The molecule has 0 fully saturated rings. The predicted molar refractivity (Wildman–Crippen MR) is 82.4 cm³/mol. The second-order valence-corrected chi connectivity index (χ2v) is 5.27. The minimum absolute atomic E-state index is 0.0596. The molecule has 0 bridgehead atoms. The maximum absolute atomic E-state index is 12.5. The summed E-state index contributed by atoms with van der Waals surface area (Å²) in [5, 5.41) is 0. The van der Waals surface area contributed by atoms with Crippen LogP contribution in [-0.2, 0) is 24.8 Å². The Morgan fingerprint density at radius 2 is 2.10 bits per heavy atom. The lowest BCUT2D eigenvalue weighted by Gasteiger charge is -2.22. The van der Waals surface area contributed by atoms with Gasteiger partial charge in [0.25, 0.3) is 0 Å². The maximum Gasteiger partial charge on any atom is 0.227 e. The molecule has 2 rings (SSSR count). The van der Waals surface area contributed by atoms with Gasteiger partial charge in [-0.25, -0.2) is 4.98 Å². The van der Waals surface area contributed by atoms with Gasteiger partial charge in [0.15, 0.2) is 0 Å². The van der Waals surface area contributed by atoms with Crippen LogP contribution >= 0.6 is 0 Å². The quantitative estimate of drug-likeness (QED) is 0.867. The van der Waals surface area contributed by atoms with Crippen molar-refractivity contribution in [3.63, 3.8) is 0 Å². The summed E-state index contributed by atoms with van der Waals surface area (Å²) in [4.78, 5) is 18.5. The number of imidazole rings is 1. The average molecular weight is 286 g/mol. The number of nitrogens with two attached hydrogens (primary N) is 1. The number of hydrogen-bond donors (Lipinski definition) is 1. The van der Waals surface area contributed by atoms with Crippen LogP contribution < -0.4 is 5.73 Å². The lowest BCUT2D eigenvalue weighted by Crippen LogP contribution is -2.37. The summed E-state index contributed by atoms with van der Waals surface area (Å²) in [6.45, 7) is 0.840. The molecule has 0 aliphatic carbocycles. The van der Waals surface area contributed by atoms with Crippen LogP contribution in [0.5, 0.6) is 0 Å². The fourth-order valence-electron chi connectivity index (χ4n) is 2.32. The molecular weight excluding hydrogens is 264 g/mol. The predicted octanol–water partition coefficient (Wildman–Crippen LogP) is 1.20. The molecule has 21 heavy (non-hydrogen) atoms. The van der Waals surface area contributed by atoms with Crippen molar-refractivity contribution in [2.75, 3.05) is 13.6 Å². The van der Waals surface area contributed by atoms with E-state index in [1.807, 2.05) is 48.1 Å². The van der Waals surface area contributed by atoms with Gasteiger partial charge in [-0.2, -0.15) is 0 Å². The lowest BCUT2D eigenvalue weighted by atomic mass is 9.98. The minimum atomic E-state index is -0.197. The fourth-order valence-corrected chi connectivity index (χ4v) is 2.32. The van der Waals surface area contributed by atoms with E-state index >= 15 is 0 Å². The summed E-state index contributed by atoms with van der Waals surface area (Å²) in [5.41, 5.74) is 6.93. The van der Waals surface area contributed by atoms with E-state index in [4.69, 9.17) is 5.73 Å². The number of nitrogens with zero attached hydrogens (tertiary/aromatic N) is 3. The molecule has 112 valence electrons. The number of aromatic nitrogens is 2. The molecule has 1 unspecified atom stereocenters. The standard InChI is InChI=1S/C16H22N4O/c1-19-9-8-18-15(19)12-20(2)16(21)14(11-17)10-13-6-4-3-5-7-13/h3-9,14H,10-12,17H2,1-2H3. The van der Waals surface area contributed by atoms with Gasteiger partial charge in [0, 0.05) is 33.0 Å². The van der Waals surface area contributed by atoms with E-state index in [0.717, 1.165) is 11.4 Å². The highest BCUT2D eigenvalue weighted by Crippen LogP contribution is 2.12. The van der Waals surface area contributed by atoms with Gasteiger partial charge in [-0.05, 0) is 12.0 Å². The van der Waals surface area contributed by atoms with Gasteiger partial charge in [-0.1, -0.05) is 30.3 Å². The molecule has 1 heterocycles. The molecule has 2 aromatic rings. The van der Waals surface area contributed by atoms with Crippen molar-refractivity contribution in [1.82, 2.24) is 14.5 Å². The summed E-state index contributed by atoms with van der Waals surface area (Å²) < 4.78 is 1.92. The molecule has 5 nitrogen and oxygen atoms in total. The number of benzene rings is 1. The summed E-state index contributed by atoms with van der Waals surface area (Å²) >= 11 is 0. The van der Waals surface area contributed by atoms with Gasteiger partial charge >= 0.3 is 0 Å². The SMILES string of the molecule is CN(Cc1nccn1C)C(=O)C(CN)Cc1ccccc1. The van der Waals surface area contributed by atoms with E-state index < -0.39 is 0 Å². The number of carbonyl (C=O) groups excluding carboxylic acids is 1. The van der Waals surface area contributed by atoms with E-state index in [2.05, 4.69) is 4.98 Å². The molecule has 0 saturated heterocycles. The van der Waals surface area contributed by atoms with Gasteiger partial charge in [-0.15, -0.1) is 0 Å². The van der Waals surface area contributed by atoms with Crippen LogP contribution in [0.4, 0.5) is 0 Å². The first-order valence-electron chi connectivity index (χ1n) is 7.07. The van der Waals surface area contributed by atoms with E-state index in [-0.39, 0.29) is 11.8 Å². The fraction of sp³-hybridized carbons (Fsp3) is 0.375. The highest BCUT2D eigenvalue weighted by atomic mass is 16.2. The van der Waals surface area contributed by atoms with Crippen molar-refractivity contribution in [3.05, 3.63) is 54.1 Å². The molecule has 1 aromatic heterocycles. The van der Waals surface area contributed by atoms with Gasteiger partial charge in [-0.3, -0.25) is 4.79 Å². The van der Waals surface area contributed by atoms with E-state index in [0.29, 0.717) is 19.5 Å². The summed E-state index contributed by atoms with van der Waals surface area (Å²) in [7, 11) is 3.72. The van der Waals surface area contributed by atoms with Crippen LogP contribution in [0.1, 0.15) is 11.4 Å². The van der Waals surface area contributed by atoms with Gasteiger partial charge < -0.3 is 15.2 Å². The smallest absolute Gasteiger partial charge is 0.227 e. The Hall–Kier alpha value is -2.14. The second kappa shape index (κ2) is 7.04. The number of rotatable bonds is 6. The molecule has 0 saturated carbocycles. The molecular formula is C16H22N4O. The topological polar surface area (TPSA) is 64.2 Å². The molecule has 0 spiro atoms. The normalized spacial score (nSPS) is 12.1. The van der Waals surface area contributed by atoms with E-state index in [1.165, 1.54) is 0 Å². The summed E-state index contributed by atoms with van der Waals surface area (Å²) in [6.07, 6.45) is 4.27. The Morgan fingerprint density at radius 3 is 2.67 bits per heavy atom. The van der Waals surface area contributed by atoms with Crippen LogP contribution in [0.2, 0.25) is 0 Å². The first-order valence-corrected chi connectivity index (χ1v) is 7.07. The molecule has 0 radical (unpaired) electrons. The molecule has 1 aromatic carbocycles. The van der Waals surface area contributed by atoms with Crippen molar-refractivity contribution < 1.29 is 4.79 Å². The van der Waals surface area contributed by atoms with Crippen molar-refractivity contribution in [2.24, 2.45) is 18.7 Å². The highest BCUT2D eigenvalue weighted by Gasteiger charge is 2.22. The third kappa shape index (κ3) is 3.92. The molecule has 2 N–H and O–H groups in total. The Labute approximate surface area is 125 Å². The zero-order chi connectivity index (χ0) is 15.2. The van der Waals surface area contributed by atoms with Crippen LogP contribution in [0.3, 0.4) is 0 Å². The average Bonchev–Trinajstić information content (AvgIpc) is 2.90. The zero-order valence-corrected chi connectivity index (χ0v) is 12.6. The Kier molecular flexibility index (Phi) is 5.11. The minimum Gasteiger partial charge on any atom is -0.338 e. The Balaban J connectivity index is 2.00. The van der Waals surface area contributed by atoms with E-state index in [9.17, 15) is 4.79 Å². The number of carbonyl (C=O) groups is 1. The first-order chi connectivity index (χ1) is 10.1. The maximum atomic E-state index is 12.5.